The molecule has 0 saturated heterocycles. The number of aryl methyl sites for hydroxylation is 1. The Labute approximate surface area is 186 Å². The predicted octanol–water partition coefficient (Wildman–Crippen LogP) is 3.84. The highest BCUT2D eigenvalue weighted by Crippen LogP contribution is 2.27. The minimum Gasteiger partial charge on any atom is -0.483 e. The van der Waals surface area contributed by atoms with E-state index in [9.17, 15) is 9.59 Å². The number of hydrogen-bond acceptors (Lipinski definition) is 4. The number of benzene rings is 2. The first-order valence-corrected chi connectivity index (χ1v) is 9.39. The maximum Gasteiger partial charge on any atom is 0.280 e. The van der Waals surface area contributed by atoms with Gasteiger partial charge in [-0.1, -0.05) is 29.8 Å². The smallest absolute Gasteiger partial charge is 0.280 e. The number of H-pyrrole nitrogens is 1. The summed E-state index contributed by atoms with van der Waals surface area (Å²) in [4.78, 5) is 24.4. The second-order valence-electron chi connectivity index (χ2n) is 5.78. The maximum absolute atomic E-state index is 12.5. The summed E-state index contributed by atoms with van der Waals surface area (Å²) in [5.74, 6) is 0.0189. The molecular formula is C19H17BrCl2N4O3. The summed E-state index contributed by atoms with van der Waals surface area (Å²) in [6.45, 7) is 1.52. The van der Waals surface area contributed by atoms with E-state index in [0.29, 0.717) is 32.2 Å². The van der Waals surface area contributed by atoms with Crippen LogP contribution in [0.2, 0.25) is 5.02 Å². The summed E-state index contributed by atoms with van der Waals surface area (Å²) < 4.78 is 7.46. The molecule has 0 atom stereocenters. The largest absolute Gasteiger partial charge is 0.483 e. The number of hydrazone groups is 1. The van der Waals surface area contributed by atoms with Gasteiger partial charge >= 0.3 is 0 Å². The zero-order valence-corrected chi connectivity index (χ0v) is 18.3. The summed E-state index contributed by atoms with van der Waals surface area (Å²) in [5.41, 5.74) is 3.77. The number of carbonyl (C=O) groups excluding carboxylic acids is 1. The average molecular weight is 500 g/mol. The fourth-order valence-corrected chi connectivity index (χ4v) is 3.20. The van der Waals surface area contributed by atoms with Gasteiger partial charge in [0, 0.05) is 10.7 Å². The van der Waals surface area contributed by atoms with Gasteiger partial charge in [0.25, 0.3) is 11.5 Å². The van der Waals surface area contributed by atoms with E-state index in [1.54, 1.807) is 25.1 Å². The third-order valence-corrected chi connectivity index (χ3v) is 4.62. The van der Waals surface area contributed by atoms with Crippen LogP contribution < -0.4 is 15.7 Å². The normalized spacial score (nSPS) is 10.6. The van der Waals surface area contributed by atoms with E-state index >= 15 is 0 Å². The number of aromatic nitrogens is 2. The number of para-hydroxylation sites is 1. The van der Waals surface area contributed by atoms with Crippen LogP contribution in [0.25, 0.3) is 5.69 Å². The second kappa shape index (κ2) is 10.3. The number of nitrogens with zero attached hydrogens (tertiary/aromatic N) is 2. The molecule has 1 amide bonds. The van der Waals surface area contributed by atoms with Gasteiger partial charge in [-0.05, 0) is 53.2 Å². The summed E-state index contributed by atoms with van der Waals surface area (Å²) in [6, 6.07) is 14.1. The Morgan fingerprint density at radius 2 is 2.03 bits per heavy atom. The van der Waals surface area contributed by atoms with Crippen LogP contribution in [0, 0.1) is 6.92 Å². The lowest BCUT2D eigenvalue weighted by Crippen LogP contribution is -2.25. The van der Waals surface area contributed by atoms with Crippen LogP contribution in [0.3, 0.4) is 0 Å². The Bertz CT molecular complexity index is 1080. The fourth-order valence-electron chi connectivity index (χ4n) is 2.41. The van der Waals surface area contributed by atoms with Gasteiger partial charge < -0.3 is 4.74 Å². The molecule has 0 bridgehead atoms. The van der Waals surface area contributed by atoms with Crippen LogP contribution in [0.1, 0.15) is 11.3 Å². The van der Waals surface area contributed by atoms with E-state index in [4.69, 9.17) is 16.3 Å². The predicted molar refractivity (Wildman–Crippen MR) is 119 cm³/mol. The lowest BCUT2D eigenvalue weighted by atomic mass is 10.3. The zero-order chi connectivity index (χ0) is 20.1. The molecule has 0 radical (unpaired) electrons. The molecule has 1 aromatic heterocycles. The van der Waals surface area contributed by atoms with Crippen molar-refractivity contribution in [3.05, 3.63) is 79.6 Å². The highest BCUT2D eigenvalue weighted by atomic mass is 79.9. The fraction of sp³-hybridized carbons (Fsp3) is 0.105. The van der Waals surface area contributed by atoms with Gasteiger partial charge in [0.05, 0.1) is 21.9 Å². The van der Waals surface area contributed by atoms with Crippen LogP contribution in [-0.2, 0) is 4.79 Å². The molecule has 0 saturated carbocycles. The zero-order valence-electron chi connectivity index (χ0n) is 15.2. The summed E-state index contributed by atoms with van der Waals surface area (Å²) in [5, 5.41) is 7.38. The van der Waals surface area contributed by atoms with Crippen molar-refractivity contribution in [2.24, 2.45) is 5.10 Å². The number of hydrogen-bond donors (Lipinski definition) is 2. The van der Waals surface area contributed by atoms with Gasteiger partial charge in [-0.25, -0.2) is 10.1 Å². The minimum atomic E-state index is -0.463. The monoisotopic (exact) mass is 498 g/mol. The Morgan fingerprint density at radius 1 is 1.31 bits per heavy atom. The van der Waals surface area contributed by atoms with E-state index in [0.717, 1.165) is 0 Å². The summed E-state index contributed by atoms with van der Waals surface area (Å²) in [6.07, 6.45) is 1.31. The van der Waals surface area contributed by atoms with Crippen LogP contribution >= 0.6 is 39.9 Å². The van der Waals surface area contributed by atoms with Gasteiger partial charge in [0.1, 0.15) is 5.75 Å². The van der Waals surface area contributed by atoms with E-state index in [2.05, 4.69) is 31.6 Å². The van der Waals surface area contributed by atoms with E-state index < -0.39 is 5.91 Å². The molecule has 1 heterocycles. The molecule has 0 unspecified atom stereocenters. The first kappa shape index (κ1) is 22.7. The topological polar surface area (TPSA) is 88.5 Å². The number of aromatic amines is 1. The summed E-state index contributed by atoms with van der Waals surface area (Å²) >= 11 is 9.17. The first-order chi connectivity index (χ1) is 13.5. The first-order valence-electron chi connectivity index (χ1n) is 8.22. The molecule has 2 aromatic carbocycles. The molecule has 0 aliphatic carbocycles. The van der Waals surface area contributed by atoms with Crippen molar-refractivity contribution >= 4 is 52.1 Å². The number of rotatable bonds is 6. The van der Waals surface area contributed by atoms with Crippen LogP contribution in [0.15, 0.2) is 62.9 Å². The van der Waals surface area contributed by atoms with Crippen LogP contribution in [0.4, 0.5) is 0 Å². The molecule has 0 aliphatic rings. The molecule has 152 valence electrons. The molecule has 0 fully saturated rings. The van der Waals surface area contributed by atoms with Crippen molar-refractivity contribution < 1.29 is 9.53 Å². The Morgan fingerprint density at radius 3 is 2.72 bits per heavy atom. The van der Waals surface area contributed by atoms with Gasteiger partial charge in [-0.3, -0.25) is 14.7 Å². The molecule has 3 aromatic rings. The second-order valence-corrected chi connectivity index (χ2v) is 7.07. The van der Waals surface area contributed by atoms with Crippen LogP contribution in [0.5, 0.6) is 5.75 Å². The minimum absolute atomic E-state index is 0. The third-order valence-electron chi connectivity index (χ3n) is 3.77. The van der Waals surface area contributed by atoms with E-state index in [1.807, 2.05) is 30.3 Å². The van der Waals surface area contributed by atoms with Crippen molar-refractivity contribution in [3.63, 3.8) is 0 Å². The number of amides is 1. The number of halogens is 3. The molecular weight excluding hydrogens is 483 g/mol. The van der Waals surface area contributed by atoms with Crippen molar-refractivity contribution in [2.75, 3.05) is 6.61 Å². The molecule has 0 aliphatic heterocycles. The third kappa shape index (κ3) is 5.72. The van der Waals surface area contributed by atoms with Crippen molar-refractivity contribution in [3.8, 4) is 11.4 Å². The number of nitrogens with one attached hydrogen (secondary N) is 2. The quantitative estimate of drug-likeness (QED) is 0.399. The van der Waals surface area contributed by atoms with Crippen molar-refractivity contribution in [1.29, 1.82) is 0 Å². The summed E-state index contributed by atoms with van der Waals surface area (Å²) in [7, 11) is 0. The lowest BCUT2D eigenvalue weighted by Gasteiger charge is -2.07. The SMILES string of the molecule is Cc1[nH]n(-c2ccccc2)c(=O)c1/C=N/NC(=O)COc1ccc(Cl)cc1Br.Cl. The van der Waals surface area contributed by atoms with Crippen LogP contribution in [-0.4, -0.2) is 28.5 Å². The average Bonchev–Trinajstić information content (AvgIpc) is 2.96. The number of carbonyl (C=O) groups is 1. The van der Waals surface area contributed by atoms with Crippen molar-refractivity contribution in [2.45, 2.75) is 6.92 Å². The maximum atomic E-state index is 12.5. The Balaban J connectivity index is 0.00000300. The molecule has 2 N–H and O–H groups in total. The standard InChI is InChI=1S/C19H16BrClN4O3.ClH/c1-12-15(19(27)25(24-12)14-5-3-2-4-6-14)10-22-23-18(26)11-28-17-8-7-13(21)9-16(17)20;/h2-10,24H,11H2,1H3,(H,23,26);1H/b22-10+;. The van der Waals surface area contributed by atoms with Gasteiger partial charge in [0.2, 0.25) is 0 Å². The van der Waals surface area contributed by atoms with Gasteiger partial charge in [0.15, 0.2) is 6.61 Å². The Kier molecular flexibility index (Phi) is 8.07. The molecule has 10 heteroatoms. The molecule has 29 heavy (non-hydrogen) atoms. The lowest BCUT2D eigenvalue weighted by molar-refractivity contribution is -0.123. The number of ether oxygens (including phenoxy) is 1. The Hall–Kier alpha value is -2.55. The van der Waals surface area contributed by atoms with Gasteiger partial charge in [-0.2, -0.15) is 5.10 Å². The highest BCUT2D eigenvalue weighted by Gasteiger charge is 2.11. The van der Waals surface area contributed by atoms with E-state index in [1.165, 1.54) is 10.9 Å². The molecule has 7 nitrogen and oxygen atoms in total. The molecule has 3 rings (SSSR count). The van der Waals surface area contributed by atoms with Gasteiger partial charge in [-0.15, -0.1) is 12.4 Å². The highest BCUT2D eigenvalue weighted by molar-refractivity contribution is 9.10. The van der Waals surface area contributed by atoms with Crippen molar-refractivity contribution in [1.82, 2.24) is 15.2 Å². The van der Waals surface area contributed by atoms with E-state index in [-0.39, 0.29) is 24.6 Å². The molecule has 0 spiro atoms.